The highest BCUT2D eigenvalue weighted by atomic mass is 32.2. The van der Waals surface area contributed by atoms with Gasteiger partial charge < -0.3 is 9.84 Å². The van der Waals surface area contributed by atoms with Crippen LogP contribution in [0.2, 0.25) is 0 Å². The zero-order valence-corrected chi connectivity index (χ0v) is 12.1. The summed E-state index contributed by atoms with van der Waals surface area (Å²) in [7, 11) is 0. The number of fused-ring (bicyclic) bond motifs is 1. The summed E-state index contributed by atoms with van der Waals surface area (Å²) >= 11 is 1.12. The van der Waals surface area contributed by atoms with Crippen LogP contribution < -0.4 is 0 Å². The molecule has 1 N–H and O–H groups in total. The number of thioether (sulfide) groups is 1. The van der Waals surface area contributed by atoms with Crippen molar-refractivity contribution in [2.45, 2.75) is 23.3 Å². The molecule has 0 saturated carbocycles. The fourth-order valence-electron chi connectivity index (χ4n) is 2.38. The first-order valence-electron chi connectivity index (χ1n) is 6.77. The number of ether oxygens (including phenoxy) is 1. The summed E-state index contributed by atoms with van der Waals surface area (Å²) in [6, 6.07) is 13.1. The molecule has 0 bridgehead atoms. The largest absolute Gasteiger partial charge is 0.461 e. The third-order valence-corrected chi connectivity index (χ3v) is 4.80. The molecule has 3 rings (SSSR count). The number of aliphatic hydroxyl groups excluding tert-OH is 1. The Hall–Kier alpha value is -1.59. The maximum absolute atomic E-state index is 13.2. The topological polar surface area (TPSA) is 46.5 Å². The van der Waals surface area contributed by atoms with Gasteiger partial charge in [-0.15, -0.1) is 11.8 Å². The van der Waals surface area contributed by atoms with Crippen molar-refractivity contribution in [3.8, 4) is 0 Å². The lowest BCUT2D eigenvalue weighted by atomic mass is 10.1. The van der Waals surface area contributed by atoms with Crippen molar-refractivity contribution in [1.82, 2.24) is 0 Å². The van der Waals surface area contributed by atoms with E-state index in [2.05, 4.69) is 0 Å². The van der Waals surface area contributed by atoms with Crippen LogP contribution in [0.3, 0.4) is 0 Å². The molecular formula is C16H15FO3S. The number of carbonyl (C=O) groups is 1. The average molecular weight is 306 g/mol. The van der Waals surface area contributed by atoms with Crippen molar-refractivity contribution in [3.63, 3.8) is 0 Å². The molecule has 110 valence electrons. The Morgan fingerprint density at radius 2 is 2.05 bits per heavy atom. The lowest BCUT2D eigenvalue weighted by Gasteiger charge is -2.10. The van der Waals surface area contributed by atoms with Crippen LogP contribution in [0, 0.1) is 0 Å². The van der Waals surface area contributed by atoms with E-state index in [0.717, 1.165) is 22.5 Å². The molecule has 1 heterocycles. The van der Waals surface area contributed by atoms with Crippen molar-refractivity contribution < 1.29 is 19.0 Å². The standard InChI is InChI=1S/C16H15FO3S/c17-14-8-13(21-16(14)19)9-20-15(18)12-6-5-10-3-1-2-4-11(10)7-12/h1-7,13-14,16,19H,8-9H2/t13-,14+,16?/m1/s1. The summed E-state index contributed by atoms with van der Waals surface area (Å²) in [6.45, 7) is 0.119. The first-order chi connectivity index (χ1) is 10.1. The van der Waals surface area contributed by atoms with Gasteiger partial charge in [0, 0.05) is 5.25 Å². The van der Waals surface area contributed by atoms with Crippen LogP contribution in [0.5, 0.6) is 0 Å². The van der Waals surface area contributed by atoms with Crippen LogP contribution in [0.15, 0.2) is 42.5 Å². The maximum atomic E-state index is 13.2. The van der Waals surface area contributed by atoms with Gasteiger partial charge in [-0.2, -0.15) is 0 Å². The zero-order valence-electron chi connectivity index (χ0n) is 11.2. The summed E-state index contributed by atoms with van der Waals surface area (Å²) in [5, 5.41) is 11.2. The molecular weight excluding hydrogens is 291 g/mol. The Bertz CT molecular complexity index is 651. The highest BCUT2D eigenvalue weighted by Gasteiger charge is 2.34. The molecule has 2 aromatic rings. The van der Waals surface area contributed by atoms with E-state index >= 15 is 0 Å². The van der Waals surface area contributed by atoms with Crippen LogP contribution in [0.1, 0.15) is 16.8 Å². The fourth-order valence-corrected chi connectivity index (χ4v) is 3.50. The molecule has 0 aliphatic carbocycles. The summed E-state index contributed by atoms with van der Waals surface area (Å²) in [4.78, 5) is 12.0. The first kappa shape index (κ1) is 14.4. The number of aliphatic hydroxyl groups is 1. The molecule has 0 aromatic heterocycles. The SMILES string of the molecule is O=C(OC[C@H]1C[C@H](F)C(O)S1)c1ccc2ccccc2c1. The molecule has 1 fully saturated rings. The third-order valence-electron chi connectivity index (χ3n) is 3.51. The van der Waals surface area contributed by atoms with Gasteiger partial charge in [0.2, 0.25) is 0 Å². The van der Waals surface area contributed by atoms with E-state index in [-0.39, 0.29) is 18.3 Å². The zero-order chi connectivity index (χ0) is 14.8. The molecule has 1 aliphatic heterocycles. The van der Waals surface area contributed by atoms with Gasteiger partial charge in [0.25, 0.3) is 0 Å². The molecule has 0 amide bonds. The van der Waals surface area contributed by atoms with Gasteiger partial charge >= 0.3 is 5.97 Å². The quantitative estimate of drug-likeness (QED) is 0.885. The molecule has 3 nitrogen and oxygen atoms in total. The van der Waals surface area contributed by atoms with Crippen LogP contribution >= 0.6 is 11.8 Å². The molecule has 0 spiro atoms. The number of benzene rings is 2. The number of rotatable bonds is 3. The first-order valence-corrected chi connectivity index (χ1v) is 7.71. The minimum absolute atomic E-state index is 0.119. The Labute approximate surface area is 126 Å². The van der Waals surface area contributed by atoms with Crippen LogP contribution in [-0.4, -0.2) is 34.5 Å². The van der Waals surface area contributed by atoms with Gasteiger partial charge in [0.1, 0.15) is 18.2 Å². The minimum atomic E-state index is -1.24. The second-order valence-corrected chi connectivity index (χ2v) is 6.48. The van der Waals surface area contributed by atoms with Gasteiger partial charge in [-0.1, -0.05) is 30.3 Å². The van der Waals surface area contributed by atoms with Crippen LogP contribution in [0.4, 0.5) is 4.39 Å². The smallest absolute Gasteiger partial charge is 0.338 e. The predicted octanol–water partition coefficient (Wildman–Crippen LogP) is 3.16. The Balaban J connectivity index is 1.64. The van der Waals surface area contributed by atoms with Crippen molar-refractivity contribution in [2.75, 3.05) is 6.61 Å². The number of alkyl halides is 1. The van der Waals surface area contributed by atoms with Crippen molar-refractivity contribution in [3.05, 3.63) is 48.0 Å². The van der Waals surface area contributed by atoms with E-state index in [1.165, 1.54) is 0 Å². The van der Waals surface area contributed by atoms with Crippen molar-refractivity contribution >= 4 is 28.5 Å². The molecule has 5 heteroatoms. The highest BCUT2D eigenvalue weighted by molar-refractivity contribution is 8.00. The van der Waals surface area contributed by atoms with E-state index in [4.69, 9.17) is 4.74 Å². The number of carbonyl (C=O) groups excluding carboxylic acids is 1. The van der Waals surface area contributed by atoms with Gasteiger partial charge in [0.15, 0.2) is 0 Å². The Morgan fingerprint density at radius 3 is 2.76 bits per heavy atom. The van der Waals surface area contributed by atoms with E-state index < -0.39 is 17.6 Å². The van der Waals surface area contributed by atoms with Gasteiger partial charge in [-0.3, -0.25) is 0 Å². The van der Waals surface area contributed by atoms with Gasteiger partial charge in [-0.05, 0) is 29.3 Å². The van der Waals surface area contributed by atoms with Crippen LogP contribution in [0.25, 0.3) is 10.8 Å². The van der Waals surface area contributed by atoms with E-state index in [0.29, 0.717) is 5.56 Å². The van der Waals surface area contributed by atoms with E-state index in [1.54, 1.807) is 12.1 Å². The van der Waals surface area contributed by atoms with Gasteiger partial charge in [0.05, 0.1) is 5.56 Å². The molecule has 3 atom stereocenters. The maximum Gasteiger partial charge on any atom is 0.338 e. The number of esters is 1. The second kappa shape index (κ2) is 6.03. The Morgan fingerprint density at radius 1 is 1.29 bits per heavy atom. The lowest BCUT2D eigenvalue weighted by molar-refractivity contribution is 0.0499. The van der Waals surface area contributed by atoms with E-state index in [9.17, 15) is 14.3 Å². The summed E-state index contributed by atoms with van der Waals surface area (Å²) < 4.78 is 18.4. The van der Waals surface area contributed by atoms with Crippen molar-refractivity contribution in [1.29, 1.82) is 0 Å². The normalized spacial score (nSPS) is 25.1. The summed E-state index contributed by atoms with van der Waals surface area (Å²) in [5.41, 5.74) is -0.525. The molecule has 0 radical (unpaired) electrons. The molecule has 1 unspecified atom stereocenters. The molecule has 21 heavy (non-hydrogen) atoms. The summed E-state index contributed by atoms with van der Waals surface area (Å²) in [6.07, 6.45) is -1.02. The average Bonchev–Trinajstić information content (AvgIpc) is 2.83. The monoisotopic (exact) mass is 306 g/mol. The second-order valence-electron chi connectivity index (χ2n) is 5.06. The lowest BCUT2D eigenvalue weighted by Crippen LogP contribution is -2.15. The molecule has 1 saturated heterocycles. The predicted molar refractivity (Wildman–Crippen MR) is 81.1 cm³/mol. The van der Waals surface area contributed by atoms with Crippen LogP contribution in [-0.2, 0) is 4.74 Å². The van der Waals surface area contributed by atoms with E-state index in [1.807, 2.05) is 30.3 Å². The van der Waals surface area contributed by atoms with Gasteiger partial charge in [-0.25, -0.2) is 9.18 Å². The summed E-state index contributed by atoms with van der Waals surface area (Å²) in [5.74, 6) is -0.418. The fraction of sp³-hybridized carbons (Fsp3) is 0.312. The number of hydrogen-bond acceptors (Lipinski definition) is 4. The third kappa shape index (κ3) is 3.19. The highest BCUT2D eigenvalue weighted by Crippen LogP contribution is 2.34. The minimum Gasteiger partial charge on any atom is -0.461 e. The number of halogens is 1. The molecule has 2 aromatic carbocycles. The molecule has 1 aliphatic rings. The van der Waals surface area contributed by atoms with Crippen molar-refractivity contribution in [2.24, 2.45) is 0 Å². The number of hydrogen-bond donors (Lipinski definition) is 1. The Kier molecular flexibility index (Phi) is 4.12.